The van der Waals surface area contributed by atoms with E-state index >= 15 is 0 Å². The highest BCUT2D eigenvalue weighted by atomic mass is 16.4. The fourth-order valence-corrected chi connectivity index (χ4v) is 1.58. The molecule has 116 valence electrons. The lowest BCUT2D eigenvalue weighted by Gasteiger charge is -2.28. The van der Waals surface area contributed by atoms with Crippen LogP contribution in [0.2, 0.25) is 1.41 Å². The minimum atomic E-state index is -1.87. The van der Waals surface area contributed by atoms with Crippen molar-refractivity contribution in [1.82, 2.24) is 5.31 Å². The molecule has 0 fully saturated rings. The maximum absolute atomic E-state index is 9.69. The molecule has 0 rings (SSSR count). The molecule has 0 saturated carbocycles. The Bertz CT molecular complexity index is 248. The normalized spacial score (nSPS) is 20.7. The molecule has 0 aromatic carbocycles. The molecule has 19 heavy (non-hydrogen) atoms. The molecule has 1 unspecified atom stereocenters. The fraction of sp³-hybridized carbons (Fsp3) is 1.00. The van der Waals surface area contributed by atoms with Crippen LogP contribution in [0.15, 0.2) is 0 Å². The summed E-state index contributed by atoms with van der Waals surface area (Å²) < 4.78 is 7.55. The van der Waals surface area contributed by atoms with Crippen molar-refractivity contribution in [3.63, 3.8) is 0 Å². The van der Waals surface area contributed by atoms with E-state index in [2.05, 4.69) is 0 Å². The largest absolute Gasteiger partial charge is 0.394 e. The first-order valence-corrected chi connectivity index (χ1v) is 6.63. The lowest BCUT2D eigenvalue weighted by Crippen LogP contribution is -2.53. The van der Waals surface area contributed by atoms with Crippen LogP contribution >= 0.6 is 0 Å². The van der Waals surface area contributed by atoms with Gasteiger partial charge in [0.1, 0.15) is 32.1 Å². The van der Waals surface area contributed by atoms with Crippen LogP contribution in [0.4, 0.5) is 0 Å². The molecule has 0 saturated heterocycles. The summed E-state index contributed by atoms with van der Waals surface area (Å²) in [7, 11) is 0. The third-order valence-electron chi connectivity index (χ3n) is 2.91. The predicted molar refractivity (Wildman–Crippen MR) is 69.3 cm³/mol. The van der Waals surface area contributed by atoms with Gasteiger partial charge in [0.25, 0.3) is 0 Å². The Balaban J connectivity index is 4.26. The van der Waals surface area contributed by atoms with Gasteiger partial charge in [-0.3, -0.25) is 5.31 Å². The molecular formula is C12H27NO6. The molecule has 0 heterocycles. The second kappa shape index (κ2) is 10.5. The molecule has 0 bridgehead atoms. The third kappa shape index (κ3) is 7.17. The zero-order chi connectivity index (χ0) is 15.7. The molecule has 7 nitrogen and oxygen atoms in total. The monoisotopic (exact) mass is 282 g/mol. The smallest absolute Gasteiger partial charge is 0.133 e. The van der Waals surface area contributed by atoms with Crippen LogP contribution in [-0.2, 0) is 0 Å². The Morgan fingerprint density at radius 2 is 1.58 bits per heavy atom. The van der Waals surface area contributed by atoms with Gasteiger partial charge in [-0.05, 0) is 13.0 Å². The summed E-state index contributed by atoms with van der Waals surface area (Å²) in [6.45, 7) is 1.47. The van der Waals surface area contributed by atoms with Crippen LogP contribution in [0.1, 0.15) is 32.6 Å². The summed E-state index contributed by atoms with van der Waals surface area (Å²) in [5.41, 5.74) is 0. The molecular weight excluding hydrogens is 254 g/mol. The zero-order valence-electron chi connectivity index (χ0n) is 12.3. The molecule has 7 heteroatoms. The molecule has 0 radical (unpaired) electrons. The Morgan fingerprint density at radius 3 is 2.11 bits per heavy atom. The summed E-state index contributed by atoms with van der Waals surface area (Å²) in [4.78, 5) is 0. The Labute approximate surface area is 115 Å². The van der Waals surface area contributed by atoms with Gasteiger partial charge in [-0.25, -0.2) is 0 Å². The van der Waals surface area contributed by atoms with Crippen LogP contribution in [-0.4, -0.2) is 74.4 Å². The molecule has 0 aliphatic rings. The van der Waals surface area contributed by atoms with Crippen LogP contribution in [0.25, 0.3) is 0 Å². The number of rotatable bonds is 11. The average molecular weight is 282 g/mol. The zero-order valence-corrected chi connectivity index (χ0v) is 11.3. The van der Waals surface area contributed by atoms with E-state index in [4.69, 9.17) is 11.6 Å². The average Bonchev–Trinajstić information content (AvgIpc) is 2.47. The van der Waals surface area contributed by atoms with Crippen molar-refractivity contribution in [1.29, 1.82) is 0 Å². The van der Waals surface area contributed by atoms with Crippen molar-refractivity contribution in [3.8, 4) is 0 Å². The summed E-state index contributed by atoms with van der Waals surface area (Å²) in [6.07, 6.45) is -5.21. The molecule has 0 aromatic heterocycles. The van der Waals surface area contributed by atoms with E-state index in [-0.39, 0.29) is 6.54 Å². The van der Waals surface area contributed by atoms with Crippen molar-refractivity contribution in [2.24, 2.45) is 0 Å². The van der Waals surface area contributed by atoms with Crippen molar-refractivity contribution >= 4 is 0 Å². The Kier molecular flexibility index (Phi) is 9.27. The standard InChI is InChI=1S/C12H27NO6/c1-2-3-4-5-6-13-12(19)11(18)10(17)9(16)8(15)7-14/h8-19H,2-7H2,1H3/t8-,9-,10+,11-,12?/m1/s1/i/hD. The van der Waals surface area contributed by atoms with E-state index in [1.807, 2.05) is 6.92 Å². The second-order valence-electron chi connectivity index (χ2n) is 4.60. The Morgan fingerprint density at radius 1 is 0.947 bits per heavy atom. The van der Waals surface area contributed by atoms with E-state index in [9.17, 15) is 20.4 Å². The highest BCUT2D eigenvalue weighted by Crippen LogP contribution is 2.07. The second-order valence-corrected chi connectivity index (χ2v) is 4.60. The van der Waals surface area contributed by atoms with E-state index in [1.54, 1.807) is 0 Å². The number of unbranched alkanes of at least 4 members (excludes halogenated alkanes) is 3. The summed E-state index contributed by atoms with van der Waals surface area (Å²) in [5.74, 6) is 0. The maximum Gasteiger partial charge on any atom is 0.133 e. The molecule has 0 amide bonds. The topological polar surface area (TPSA) is 133 Å². The van der Waals surface area contributed by atoms with Gasteiger partial charge in [-0.1, -0.05) is 26.2 Å². The molecule has 0 aliphatic carbocycles. The fourth-order valence-electron chi connectivity index (χ4n) is 1.58. The van der Waals surface area contributed by atoms with E-state index in [0.717, 1.165) is 24.6 Å². The number of aliphatic hydroxyl groups is 6. The third-order valence-corrected chi connectivity index (χ3v) is 2.91. The van der Waals surface area contributed by atoms with Crippen molar-refractivity contribution in [3.05, 3.63) is 0 Å². The van der Waals surface area contributed by atoms with Gasteiger partial charge >= 0.3 is 0 Å². The SMILES string of the molecule is [2H]N(CCCCCC)C(O)[C@H](O)[C@@H](O)[C@H](O)[C@H](O)CO. The minimum Gasteiger partial charge on any atom is -0.394 e. The summed E-state index contributed by atoms with van der Waals surface area (Å²) in [5, 5.41) is 56.9. The number of hydrogen-bond acceptors (Lipinski definition) is 7. The van der Waals surface area contributed by atoms with Crippen molar-refractivity contribution in [2.45, 2.75) is 63.3 Å². The molecule has 0 spiro atoms. The van der Waals surface area contributed by atoms with Crippen LogP contribution in [0, 0.1) is 0 Å². The van der Waals surface area contributed by atoms with E-state index < -0.39 is 37.3 Å². The van der Waals surface area contributed by atoms with Crippen molar-refractivity contribution < 1.29 is 32.1 Å². The molecule has 0 aromatic rings. The van der Waals surface area contributed by atoms with Gasteiger partial charge in [-0.15, -0.1) is 0 Å². The van der Waals surface area contributed by atoms with E-state index in [1.165, 1.54) is 0 Å². The lowest BCUT2D eigenvalue weighted by molar-refractivity contribution is -0.145. The van der Waals surface area contributed by atoms with Gasteiger partial charge in [0, 0.05) is 0 Å². The minimum absolute atomic E-state index is 0.212. The van der Waals surface area contributed by atoms with Crippen LogP contribution in [0.3, 0.4) is 0 Å². The van der Waals surface area contributed by atoms with Gasteiger partial charge in [0.2, 0.25) is 0 Å². The first-order valence-electron chi connectivity index (χ1n) is 7.08. The van der Waals surface area contributed by atoms with Gasteiger partial charge < -0.3 is 30.6 Å². The van der Waals surface area contributed by atoms with Crippen molar-refractivity contribution in [2.75, 3.05) is 13.2 Å². The number of hydrogen-bond donors (Lipinski definition) is 7. The quantitative estimate of drug-likeness (QED) is 0.171. The van der Waals surface area contributed by atoms with Gasteiger partial charge in [-0.2, -0.15) is 0 Å². The highest BCUT2D eigenvalue weighted by molar-refractivity contribution is 4.83. The van der Waals surface area contributed by atoms with Crippen LogP contribution < -0.4 is 5.31 Å². The first kappa shape index (κ1) is 16.8. The maximum atomic E-state index is 9.69. The molecule has 0 aliphatic heterocycles. The van der Waals surface area contributed by atoms with Gasteiger partial charge in [0.05, 0.1) is 6.61 Å². The summed E-state index contributed by atoms with van der Waals surface area (Å²) >= 11 is 0. The molecule has 7 N–H and O–H groups in total. The molecule has 5 atom stereocenters. The Hall–Kier alpha value is -0.280. The predicted octanol–water partition coefficient (Wildman–Crippen LogP) is -2.09. The number of nitrogens with one attached hydrogen (secondary N) is 1. The lowest BCUT2D eigenvalue weighted by atomic mass is 10.0. The highest BCUT2D eigenvalue weighted by Gasteiger charge is 2.33. The van der Waals surface area contributed by atoms with Crippen LogP contribution in [0.5, 0.6) is 0 Å². The van der Waals surface area contributed by atoms with Gasteiger partial charge in [0.15, 0.2) is 0 Å². The van der Waals surface area contributed by atoms with E-state index in [0.29, 0.717) is 6.42 Å². The first-order chi connectivity index (χ1) is 9.36. The summed E-state index contributed by atoms with van der Waals surface area (Å²) in [6, 6.07) is 0. The number of aliphatic hydroxyl groups excluding tert-OH is 6.